The highest BCUT2D eigenvalue weighted by atomic mass is 16.5. The lowest BCUT2D eigenvalue weighted by molar-refractivity contribution is -0.0652. The first-order chi connectivity index (χ1) is 8.95. The van der Waals surface area contributed by atoms with Crippen molar-refractivity contribution in [2.75, 3.05) is 19.6 Å². The van der Waals surface area contributed by atoms with Crippen LogP contribution in [0.1, 0.15) is 35.3 Å². The molecule has 0 radical (unpaired) electrons. The first-order valence-electron chi connectivity index (χ1n) is 6.94. The molecule has 104 valence electrons. The van der Waals surface area contributed by atoms with Crippen molar-refractivity contribution in [3.63, 3.8) is 0 Å². The summed E-state index contributed by atoms with van der Waals surface area (Å²) >= 11 is 0. The van der Waals surface area contributed by atoms with Gasteiger partial charge in [0.15, 0.2) is 5.78 Å². The molecule has 0 bridgehead atoms. The maximum absolute atomic E-state index is 12.3. The van der Waals surface area contributed by atoms with Crippen molar-refractivity contribution in [2.24, 2.45) is 0 Å². The molecular formula is C16H23NO2. The summed E-state index contributed by atoms with van der Waals surface area (Å²) in [5.74, 6) is 0.199. The predicted octanol–water partition coefficient (Wildman–Crippen LogP) is 2.60. The number of ether oxygens (including phenoxy) is 1. The fraction of sp³-hybridized carbons (Fsp3) is 0.562. The van der Waals surface area contributed by atoms with Gasteiger partial charge in [-0.25, -0.2) is 0 Å². The van der Waals surface area contributed by atoms with Crippen LogP contribution in [0.3, 0.4) is 0 Å². The summed E-state index contributed by atoms with van der Waals surface area (Å²) in [4.78, 5) is 14.5. The Kier molecular flexibility index (Phi) is 4.38. The quantitative estimate of drug-likeness (QED) is 0.783. The molecule has 1 heterocycles. The van der Waals surface area contributed by atoms with E-state index in [4.69, 9.17) is 4.74 Å². The van der Waals surface area contributed by atoms with Gasteiger partial charge in [0.25, 0.3) is 0 Å². The molecule has 0 saturated carbocycles. The Labute approximate surface area is 115 Å². The summed E-state index contributed by atoms with van der Waals surface area (Å²) in [7, 11) is 0. The molecule has 1 fully saturated rings. The fourth-order valence-corrected chi connectivity index (χ4v) is 2.62. The number of carbonyl (C=O) groups excluding carboxylic acids is 1. The summed E-state index contributed by atoms with van der Waals surface area (Å²) in [5, 5.41) is 0. The second-order valence-electron chi connectivity index (χ2n) is 5.67. The molecule has 19 heavy (non-hydrogen) atoms. The minimum absolute atomic E-state index is 0.199. The van der Waals surface area contributed by atoms with Crippen LogP contribution < -0.4 is 0 Å². The first kappa shape index (κ1) is 14.2. The Balaban J connectivity index is 2.02. The van der Waals surface area contributed by atoms with Gasteiger partial charge in [0.1, 0.15) is 0 Å². The van der Waals surface area contributed by atoms with Crippen molar-refractivity contribution in [1.82, 2.24) is 4.90 Å². The summed E-state index contributed by atoms with van der Waals surface area (Å²) in [6, 6.07) is 5.94. The summed E-state index contributed by atoms with van der Waals surface area (Å²) < 4.78 is 5.69. The van der Waals surface area contributed by atoms with E-state index in [1.165, 1.54) is 11.1 Å². The van der Waals surface area contributed by atoms with E-state index in [9.17, 15) is 4.79 Å². The number of morpholine rings is 1. The van der Waals surface area contributed by atoms with Crippen LogP contribution >= 0.6 is 0 Å². The maximum atomic E-state index is 12.3. The Hall–Kier alpha value is -1.19. The lowest BCUT2D eigenvalue weighted by Crippen LogP contribution is -2.47. The number of carbonyl (C=O) groups is 1. The van der Waals surface area contributed by atoms with Crippen molar-refractivity contribution in [1.29, 1.82) is 0 Å². The van der Waals surface area contributed by atoms with Crippen molar-refractivity contribution in [2.45, 2.75) is 39.9 Å². The molecule has 0 N–H and O–H groups in total. The molecule has 0 aliphatic carbocycles. The number of hydrogen-bond donors (Lipinski definition) is 0. The van der Waals surface area contributed by atoms with Gasteiger partial charge < -0.3 is 4.74 Å². The van der Waals surface area contributed by atoms with Gasteiger partial charge in [-0.05, 0) is 44.9 Å². The van der Waals surface area contributed by atoms with E-state index in [0.29, 0.717) is 6.54 Å². The van der Waals surface area contributed by atoms with Crippen LogP contribution in [0, 0.1) is 13.8 Å². The average Bonchev–Trinajstić information content (AvgIpc) is 2.31. The van der Waals surface area contributed by atoms with E-state index in [1.54, 1.807) is 0 Å². The molecule has 2 unspecified atom stereocenters. The van der Waals surface area contributed by atoms with Crippen LogP contribution in [0.2, 0.25) is 0 Å². The second kappa shape index (κ2) is 5.85. The van der Waals surface area contributed by atoms with Crippen LogP contribution in [-0.4, -0.2) is 42.5 Å². The standard InChI is InChI=1S/C16H23NO2/c1-11-5-6-15(7-12(11)2)16(18)10-17-8-13(3)19-14(4)9-17/h5-7,13-14H,8-10H2,1-4H3. The third kappa shape index (κ3) is 3.64. The molecule has 2 atom stereocenters. The van der Waals surface area contributed by atoms with Gasteiger partial charge in [0.2, 0.25) is 0 Å². The molecule has 3 heteroatoms. The van der Waals surface area contributed by atoms with Crippen molar-refractivity contribution >= 4 is 5.78 Å². The average molecular weight is 261 g/mol. The molecule has 0 spiro atoms. The second-order valence-corrected chi connectivity index (χ2v) is 5.67. The van der Waals surface area contributed by atoms with Crippen LogP contribution in [0.5, 0.6) is 0 Å². The Morgan fingerprint density at radius 2 is 1.84 bits per heavy atom. The Morgan fingerprint density at radius 1 is 1.21 bits per heavy atom. The van der Waals surface area contributed by atoms with Gasteiger partial charge in [-0.1, -0.05) is 12.1 Å². The highest BCUT2D eigenvalue weighted by Gasteiger charge is 2.24. The van der Waals surface area contributed by atoms with Crippen LogP contribution in [0.25, 0.3) is 0 Å². The van der Waals surface area contributed by atoms with Gasteiger partial charge in [-0.15, -0.1) is 0 Å². The summed E-state index contributed by atoms with van der Waals surface area (Å²) in [5.41, 5.74) is 3.22. The SMILES string of the molecule is Cc1ccc(C(=O)CN2CC(C)OC(C)C2)cc1C. The fourth-order valence-electron chi connectivity index (χ4n) is 2.62. The summed E-state index contributed by atoms with van der Waals surface area (Å²) in [6.45, 7) is 10.4. The molecular weight excluding hydrogens is 238 g/mol. The monoisotopic (exact) mass is 261 g/mol. The van der Waals surface area contributed by atoms with E-state index in [0.717, 1.165) is 18.7 Å². The number of hydrogen-bond acceptors (Lipinski definition) is 3. The molecule has 3 nitrogen and oxygen atoms in total. The molecule has 1 aromatic rings. The Morgan fingerprint density at radius 3 is 2.42 bits per heavy atom. The normalized spacial score (nSPS) is 24.4. The smallest absolute Gasteiger partial charge is 0.176 e. The summed E-state index contributed by atoms with van der Waals surface area (Å²) in [6.07, 6.45) is 0.410. The van der Waals surface area contributed by atoms with E-state index in [-0.39, 0.29) is 18.0 Å². The molecule has 2 rings (SSSR count). The van der Waals surface area contributed by atoms with Gasteiger partial charge >= 0.3 is 0 Å². The highest BCUT2D eigenvalue weighted by molar-refractivity contribution is 5.97. The number of nitrogens with zero attached hydrogens (tertiary/aromatic N) is 1. The highest BCUT2D eigenvalue weighted by Crippen LogP contribution is 2.14. The number of rotatable bonds is 3. The van der Waals surface area contributed by atoms with Crippen molar-refractivity contribution in [3.05, 3.63) is 34.9 Å². The minimum Gasteiger partial charge on any atom is -0.373 e. The van der Waals surface area contributed by atoms with Crippen LogP contribution in [-0.2, 0) is 4.74 Å². The molecule has 1 saturated heterocycles. The topological polar surface area (TPSA) is 29.5 Å². The van der Waals surface area contributed by atoms with E-state index >= 15 is 0 Å². The zero-order valence-corrected chi connectivity index (χ0v) is 12.3. The van der Waals surface area contributed by atoms with E-state index < -0.39 is 0 Å². The zero-order valence-electron chi connectivity index (χ0n) is 12.3. The maximum Gasteiger partial charge on any atom is 0.176 e. The van der Waals surface area contributed by atoms with E-state index in [2.05, 4.69) is 25.7 Å². The van der Waals surface area contributed by atoms with Gasteiger partial charge in [-0.3, -0.25) is 9.69 Å². The van der Waals surface area contributed by atoms with Gasteiger partial charge in [0.05, 0.1) is 18.8 Å². The van der Waals surface area contributed by atoms with Crippen LogP contribution in [0.4, 0.5) is 0 Å². The predicted molar refractivity (Wildman–Crippen MR) is 76.7 cm³/mol. The van der Waals surface area contributed by atoms with Crippen LogP contribution in [0.15, 0.2) is 18.2 Å². The molecule has 1 aliphatic rings. The number of ketones is 1. The third-order valence-corrected chi connectivity index (χ3v) is 3.69. The molecule has 1 aromatic carbocycles. The molecule has 0 aromatic heterocycles. The van der Waals surface area contributed by atoms with Crippen molar-refractivity contribution < 1.29 is 9.53 Å². The van der Waals surface area contributed by atoms with E-state index in [1.807, 2.05) is 25.1 Å². The lowest BCUT2D eigenvalue weighted by Gasteiger charge is -2.34. The van der Waals surface area contributed by atoms with Gasteiger partial charge in [-0.2, -0.15) is 0 Å². The zero-order chi connectivity index (χ0) is 14.0. The number of Topliss-reactive ketones (excluding diaryl/α,β-unsaturated/α-hetero) is 1. The molecule has 1 aliphatic heterocycles. The number of aryl methyl sites for hydroxylation is 2. The molecule has 0 amide bonds. The minimum atomic E-state index is 0.199. The van der Waals surface area contributed by atoms with Crippen molar-refractivity contribution in [3.8, 4) is 0 Å². The number of benzene rings is 1. The lowest BCUT2D eigenvalue weighted by atomic mass is 10.0. The largest absolute Gasteiger partial charge is 0.373 e. The van der Waals surface area contributed by atoms with Gasteiger partial charge in [0, 0.05) is 18.7 Å². The Bertz CT molecular complexity index is 460. The third-order valence-electron chi connectivity index (χ3n) is 3.69. The first-order valence-corrected chi connectivity index (χ1v) is 6.94.